The summed E-state index contributed by atoms with van der Waals surface area (Å²) in [4.78, 5) is 31.8. The quantitative estimate of drug-likeness (QED) is 0.466. The molecule has 1 unspecified atom stereocenters. The molecule has 0 fully saturated rings. The van der Waals surface area contributed by atoms with Crippen molar-refractivity contribution < 1.29 is 24.1 Å². The Morgan fingerprint density at radius 1 is 1.23 bits per heavy atom. The van der Waals surface area contributed by atoms with E-state index in [4.69, 9.17) is 14.2 Å². The van der Waals surface area contributed by atoms with Crippen molar-refractivity contribution in [1.82, 2.24) is 4.57 Å². The number of methoxy groups -OCH3 is 2. The molecule has 0 saturated heterocycles. The molecular weight excluding hydrogens is 536 g/mol. The van der Waals surface area contributed by atoms with Crippen molar-refractivity contribution in [2.24, 2.45) is 4.99 Å². The van der Waals surface area contributed by atoms with Crippen LogP contribution in [0.1, 0.15) is 31.0 Å². The molecule has 2 aromatic carbocycles. The summed E-state index contributed by atoms with van der Waals surface area (Å²) in [6.07, 6.45) is 1.72. The van der Waals surface area contributed by atoms with Gasteiger partial charge in [0.15, 0.2) is 4.80 Å². The normalized spacial score (nSPS) is 15.5. The van der Waals surface area contributed by atoms with Crippen molar-refractivity contribution in [3.05, 3.63) is 83.0 Å². The maximum absolute atomic E-state index is 13.7. The summed E-state index contributed by atoms with van der Waals surface area (Å²) in [5.41, 5.74) is 1.69. The van der Waals surface area contributed by atoms with Crippen LogP contribution in [0.25, 0.3) is 6.08 Å². The van der Waals surface area contributed by atoms with E-state index in [1.54, 1.807) is 63.4 Å². The lowest BCUT2D eigenvalue weighted by molar-refractivity contribution is -0.139. The first-order valence-electron chi connectivity index (χ1n) is 10.7. The second-order valence-corrected chi connectivity index (χ2v) is 9.48. The molecule has 1 N–H and O–H groups in total. The zero-order valence-electron chi connectivity index (χ0n) is 19.5. The number of esters is 1. The summed E-state index contributed by atoms with van der Waals surface area (Å²) >= 11 is 4.51. The van der Waals surface area contributed by atoms with E-state index in [9.17, 15) is 14.7 Å². The van der Waals surface area contributed by atoms with Crippen LogP contribution in [0.2, 0.25) is 0 Å². The Labute approximate surface area is 213 Å². The number of hydrogen-bond acceptors (Lipinski definition) is 8. The molecule has 1 aromatic heterocycles. The standard InChI is InChI=1S/C25H23BrN2O6S/c1-5-34-24(31)21-13(2)27-25-28(22(21)16-12-15(32-3)7-9-19(16)33-4)23(30)20(35-25)11-14-6-8-18(29)17(26)10-14/h6-12,22,29H,5H2,1-4H3. The number of nitrogens with zero attached hydrogens (tertiary/aromatic N) is 2. The van der Waals surface area contributed by atoms with Gasteiger partial charge in [-0.2, -0.15) is 0 Å². The topological polar surface area (TPSA) is 99.4 Å². The van der Waals surface area contributed by atoms with Crippen molar-refractivity contribution in [3.63, 3.8) is 0 Å². The number of fused-ring (bicyclic) bond motifs is 1. The van der Waals surface area contributed by atoms with Crippen molar-refractivity contribution in [2.75, 3.05) is 20.8 Å². The van der Waals surface area contributed by atoms with Gasteiger partial charge < -0.3 is 19.3 Å². The van der Waals surface area contributed by atoms with Crippen LogP contribution >= 0.6 is 27.3 Å². The molecule has 1 atom stereocenters. The van der Waals surface area contributed by atoms with Gasteiger partial charge in [0.25, 0.3) is 5.56 Å². The SMILES string of the molecule is CCOC(=O)C1=C(C)N=c2sc(=Cc3ccc(O)c(Br)c3)c(=O)n2C1c1cc(OC)ccc1OC. The Bertz CT molecular complexity index is 1520. The first kappa shape index (κ1) is 24.7. The number of aromatic nitrogens is 1. The molecule has 0 spiro atoms. The highest BCUT2D eigenvalue weighted by Crippen LogP contribution is 2.37. The average molecular weight is 559 g/mol. The van der Waals surface area contributed by atoms with Crippen LogP contribution in [0.4, 0.5) is 0 Å². The monoisotopic (exact) mass is 558 g/mol. The molecule has 3 aromatic rings. The molecule has 8 nitrogen and oxygen atoms in total. The lowest BCUT2D eigenvalue weighted by atomic mass is 9.94. The van der Waals surface area contributed by atoms with E-state index in [0.29, 0.717) is 36.6 Å². The molecule has 1 aliphatic heterocycles. The minimum absolute atomic E-state index is 0.100. The Morgan fingerprint density at radius 2 is 2.00 bits per heavy atom. The largest absolute Gasteiger partial charge is 0.507 e. The van der Waals surface area contributed by atoms with E-state index in [1.165, 1.54) is 23.0 Å². The third-order valence-electron chi connectivity index (χ3n) is 5.52. The van der Waals surface area contributed by atoms with E-state index in [-0.39, 0.29) is 23.5 Å². The number of allylic oxidation sites excluding steroid dienone is 1. The maximum Gasteiger partial charge on any atom is 0.338 e. The van der Waals surface area contributed by atoms with E-state index in [0.717, 1.165) is 5.56 Å². The zero-order valence-corrected chi connectivity index (χ0v) is 21.9. The minimum atomic E-state index is -0.830. The highest BCUT2D eigenvalue weighted by Gasteiger charge is 2.35. The minimum Gasteiger partial charge on any atom is -0.507 e. The van der Waals surface area contributed by atoms with E-state index >= 15 is 0 Å². The first-order chi connectivity index (χ1) is 16.8. The molecule has 0 aliphatic carbocycles. The molecular formula is C25H23BrN2O6S. The summed E-state index contributed by atoms with van der Waals surface area (Å²) in [5.74, 6) is 0.586. The molecule has 1 aliphatic rings. The molecule has 2 heterocycles. The van der Waals surface area contributed by atoms with Crippen molar-refractivity contribution in [1.29, 1.82) is 0 Å². The predicted octanol–water partition coefficient (Wildman–Crippen LogP) is 3.28. The molecule has 35 heavy (non-hydrogen) atoms. The summed E-state index contributed by atoms with van der Waals surface area (Å²) in [6.45, 7) is 3.62. The van der Waals surface area contributed by atoms with Gasteiger partial charge in [-0.15, -0.1) is 0 Å². The molecule has 0 amide bonds. The third kappa shape index (κ3) is 4.63. The number of hydrogen-bond donors (Lipinski definition) is 1. The van der Waals surface area contributed by atoms with Crippen LogP contribution in [0.15, 0.2) is 61.9 Å². The Hall–Kier alpha value is -3.37. The highest BCUT2D eigenvalue weighted by molar-refractivity contribution is 9.10. The van der Waals surface area contributed by atoms with Gasteiger partial charge in [0.05, 0.1) is 41.1 Å². The summed E-state index contributed by atoms with van der Waals surface area (Å²) in [7, 11) is 3.07. The average Bonchev–Trinajstić information content (AvgIpc) is 3.14. The number of phenolic OH excluding ortho intramolecular Hbond substituents is 1. The van der Waals surface area contributed by atoms with Crippen LogP contribution in [-0.4, -0.2) is 36.5 Å². The molecule has 10 heteroatoms. The summed E-state index contributed by atoms with van der Waals surface area (Å²) in [6, 6.07) is 9.35. The van der Waals surface area contributed by atoms with Gasteiger partial charge in [-0.05, 0) is 71.7 Å². The van der Waals surface area contributed by atoms with Crippen LogP contribution in [-0.2, 0) is 9.53 Å². The number of halogens is 1. The molecule has 0 bridgehead atoms. The van der Waals surface area contributed by atoms with Gasteiger partial charge in [0.2, 0.25) is 0 Å². The number of carbonyl (C=O) groups excluding carboxylic acids is 1. The molecule has 0 radical (unpaired) electrons. The van der Waals surface area contributed by atoms with Gasteiger partial charge >= 0.3 is 5.97 Å². The van der Waals surface area contributed by atoms with E-state index in [2.05, 4.69) is 20.9 Å². The lowest BCUT2D eigenvalue weighted by Crippen LogP contribution is -2.40. The second kappa shape index (κ2) is 10.1. The summed E-state index contributed by atoms with van der Waals surface area (Å²) in [5, 5.41) is 9.79. The second-order valence-electron chi connectivity index (χ2n) is 7.62. The van der Waals surface area contributed by atoms with Crippen molar-refractivity contribution >= 4 is 39.3 Å². The van der Waals surface area contributed by atoms with Crippen LogP contribution in [0.5, 0.6) is 17.2 Å². The number of ether oxygens (including phenoxy) is 3. The fourth-order valence-electron chi connectivity index (χ4n) is 3.90. The molecule has 182 valence electrons. The third-order valence-corrected chi connectivity index (χ3v) is 7.14. The Morgan fingerprint density at radius 3 is 2.66 bits per heavy atom. The lowest BCUT2D eigenvalue weighted by Gasteiger charge is -2.26. The Kier molecular flexibility index (Phi) is 7.13. The number of rotatable bonds is 6. The zero-order chi connectivity index (χ0) is 25.3. The maximum atomic E-state index is 13.7. The van der Waals surface area contributed by atoms with Crippen LogP contribution in [0, 0.1) is 0 Å². The van der Waals surface area contributed by atoms with E-state index in [1.807, 2.05) is 0 Å². The van der Waals surface area contributed by atoms with Crippen molar-refractivity contribution in [2.45, 2.75) is 19.9 Å². The van der Waals surface area contributed by atoms with Gasteiger partial charge in [-0.3, -0.25) is 9.36 Å². The number of phenols is 1. The fraction of sp³-hybridized carbons (Fsp3) is 0.240. The van der Waals surface area contributed by atoms with Gasteiger partial charge in [-0.1, -0.05) is 17.4 Å². The van der Waals surface area contributed by atoms with Crippen molar-refractivity contribution in [3.8, 4) is 17.2 Å². The number of aromatic hydroxyl groups is 1. The van der Waals surface area contributed by atoms with E-state index < -0.39 is 12.0 Å². The Balaban J connectivity index is 2.01. The predicted molar refractivity (Wildman–Crippen MR) is 136 cm³/mol. The van der Waals surface area contributed by atoms with Gasteiger partial charge in [0, 0.05) is 5.56 Å². The molecule has 0 saturated carbocycles. The van der Waals surface area contributed by atoms with Gasteiger partial charge in [0.1, 0.15) is 23.3 Å². The highest BCUT2D eigenvalue weighted by atomic mass is 79.9. The molecule has 4 rings (SSSR count). The number of benzene rings is 2. The number of thiazole rings is 1. The number of carbonyl (C=O) groups is 1. The fourth-order valence-corrected chi connectivity index (χ4v) is 5.35. The van der Waals surface area contributed by atoms with Gasteiger partial charge in [-0.25, -0.2) is 9.79 Å². The van der Waals surface area contributed by atoms with Crippen LogP contribution < -0.4 is 24.4 Å². The smallest absolute Gasteiger partial charge is 0.338 e. The first-order valence-corrected chi connectivity index (χ1v) is 12.3. The van der Waals surface area contributed by atoms with Crippen LogP contribution in [0.3, 0.4) is 0 Å². The summed E-state index contributed by atoms with van der Waals surface area (Å²) < 4.78 is 18.8.